The molecule has 0 radical (unpaired) electrons. The Labute approximate surface area is 145 Å². The Hall–Kier alpha value is -2.13. The Kier molecular flexibility index (Phi) is 6.56. The van der Waals surface area contributed by atoms with Gasteiger partial charge in [0, 0.05) is 6.42 Å². The smallest absolute Gasteiger partial charge is 0.221 e. The van der Waals surface area contributed by atoms with Gasteiger partial charge in [0.15, 0.2) is 0 Å². The van der Waals surface area contributed by atoms with Crippen molar-refractivity contribution in [2.45, 2.75) is 39.8 Å². The van der Waals surface area contributed by atoms with E-state index < -0.39 is 0 Å². The van der Waals surface area contributed by atoms with Gasteiger partial charge in [-0.25, -0.2) is 0 Å². The minimum atomic E-state index is -0.134. The van der Waals surface area contributed by atoms with E-state index in [0.29, 0.717) is 19.6 Å². The van der Waals surface area contributed by atoms with Crippen molar-refractivity contribution in [3.8, 4) is 0 Å². The number of nitrogens with one attached hydrogen (secondary N) is 1. The summed E-state index contributed by atoms with van der Waals surface area (Å²) < 4.78 is 5.85. The summed E-state index contributed by atoms with van der Waals surface area (Å²) in [5.41, 5.74) is 2.16. The Morgan fingerprint density at radius 1 is 1.00 bits per heavy atom. The molecular weight excluding hydrogens is 298 g/mol. The van der Waals surface area contributed by atoms with Crippen LogP contribution in [0.15, 0.2) is 60.7 Å². The normalized spacial score (nSPS) is 12.6. The Morgan fingerprint density at radius 3 is 2.17 bits per heavy atom. The average Bonchev–Trinajstić information content (AvgIpc) is 2.54. The van der Waals surface area contributed by atoms with E-state index in [1.807, 2.05) is 60.7 Å². The molecule has 0 aliphatic carbocycles. The van der Waals surface area contributed by atoms with Gasteiger partial charge in [-0.3, -0.25) is 4.79 Å². The van der Waals surface area contributed by atoms with Crippen molar-refractivity contribution >= 4 is 5.91 Å². The first-order valence-corrected chi connectivity index (χ1v) is 8.40. The van der Waals surface area contributed by atoms with Crippen molar-refractivity contribution in [3.05, 3.63) is 71.8 Å². The first-order valence-electron chi connectivity index (χ1n) is 8.40. The second-order valence-corrected chi connectivity index (χ2v) is 7.27. The predicted octanol–water partition coefficient (Wildman–Crippen LogP) is 4.50. The van der Waals surface area contributed by atoms with Gasteiger partial charge in [-0.1, -0.05) is 81.4 Å². The maximum Gasteiger partial charge on any atom is 0.221 e. The minimum absolute atomic E-state index is 0.0315. The first-order chi connectivity index (χ1) is 11.4. The second-order valence-electron chi connectivity index (χ2n) is 7.27. The molecule has 0 aliphatic heterocycles. The number of hydrogen-bond acceptors (Lipinski definition) is 2. The van der Waals surface area contributed by atoms with Crippen LogP contribution in [0.5, 0.6) is 0 Å². The molecule has 0 heterocycles. The van der Waals surface area contributed by atoms with Crippen molar-refractivity contribution < 1.29 is 9.53 Å². The molecule has 2 aromatic rings. The number of amides is 1. The highest BCUT2D eigenvalue weighted by atomic mass is 16.5. The lowest BCUT2D eigenvalue weighted by Gasteiger charge is -2.23. The predicted molar refractivity (Wildman–Crippen MR) is 97.5 cm³/mol. The molecule has 1 N–H and O–H groups in total. The van der Waals surface area contributed by atoms with Crippen molar-refractivity contribution in [2.24, 2.45) is 5.41 Å². The van der Waals surface area contributed by atoms with Crippen molar-refractivity contribution in [1.82, 2.24) is 5.32 Å². The first kappa shape index (κ1) is 18.2. The molecule has 3 heteroatoms. The minimum Gasteiger partial charge on any atom is -0.374 e. The molecule has 0 spiro atoms. The highest BCUT2D eigenvalue weighted by molar-refractivity contribution is 5.77. The number of carbonyl (C=O) groups is 1. The van der Waals surface area contributed by atoms with E-state index in [9.17, 15) is 4.79 Å². The quantitative estimate of drug-likeness (QED) is 0.814. The van der Waals surface area contributed by atoms with Gasteiger partial charge in [0.25, 0.3) is 0 Å². The van der Waals surface area contributed by atoms with E-state index in [-0.39, 0.29) is 17.4 Å². The molecule has 0 saturated carbocycles. The maximum absolute atomic E-state index is 12.3. The second kappa shape index (κ2) is 8.65. The molecule has 3 nitrogen and oxygen atoms in total. The fraction of sp³-hybridized carbons (Fsp3) is 0.381. The van der Waals surface area contributed by atoms with Crippen LogP contribution in [0.4, 0.5) is 0 Å². The SMILES string of the molecule is CC(C)(C)CC(=O)NC(COCc1ccccc1)c1ccccc1. The van der Waals surface area contributed by atoms with Crippen molar-refractivity contribution in [2.75, 3.05) is 6.61 Å². The largest absolute Gasteiger partial charge is 0.374 e. The molecular formula is C21H27NO2. The van der Waals surface area contributed by atoms with Crippen LogP contribution >= 0.6 is 0 Å². The van der Waals surface area contributed by atoms with Crippen LogP contribution in [0.3, 0.4) is 0 Å². The summed E-state index contributed by atoms with van der Waals surface area (Å²) in [6.07, 6.45) is 0.495. The summed E-state index contributed by atoms with van der Waals surface area (Å²) in [6.45, 7) is 7.19. The molecule has 0 fully saturated rings. The lowest BCUT2D eigenvalue weighted by atomic mass is 9.91. The Bertz CT molecular complexity index is 617. The summed E-state index contributed by atoms with van der Waals surface area (Å²) in [5.74, 6) is 0.0552. The fourth-order valence-corrected chi connectivity index (χ4v) is 2.50. The van der Waals surface area contributed by atoms with Gasteiger partial charge < -0.3 is 10.1 Å². The van der Waals surface area contributed by atoms with Crippen LogP contribution in [0.25, 0.3) is 0 Å². The van der Waals surface area contributed by atoms with Gasteiger partial charge in [-0.2, -0.15) is 0 Å². The Balaban J connectivity index is 1.97. The van der Waals surface area contributed by atoms with Crippen LogP contribution in [0.2, 0.25) is 0 Å². The number of carbonyl (C=O) groups excluding carboxylic acids is 1. The zero-order valence-electron chi connectivity index (χ0n) is 14.8. The van der Waals surface area contributed by atoms with Gasteiger partial charge in [-0.15, -0.1) is 0 Å². The van der Waals surface area contributed by atoms with E-state index in [2.05, 4.69) is 26.1 Å². The molecule has 2 aromatic carbocycles. The molecule has 1 unspecified atom stereocenters. The third kappa shape index (κ3) is 6.55. The number of rotatable bonds is 7. The highest BCUT2D eigenvalue weighted by Crippen LogP contribution is 2.20. The summed E-state index contributed by atoms with van der Waals surface area (Å²) in [5, 5.41) is 3.11. The zero-order valence-corrected chi connectivity index (χ0v) is 14.8. The fourth-order valence-electron chi connectivity index (χ4n) is 2.50. The summed E-state index contributed by atoms with van der Waals surface area (Å²) in [7, 11) is 0. The maximum atomic E-state index is 12.3. The van der Waals surface area contributed by atoms with Gasteiger partial charge in [0.2, 0.25) is 5.91 Å². The standard InChI is InChI=1S/C21H27NO2/c1-21(2,3)14-20(23)22-19(18-12-8-5-9-13-18)16-24-15-17-10-6-4-7-11-17/h4-13,19H,14-16H2,1-3H3,(H,22,23). The molecule has 1 amide bonds. The topological polar surface area (TPSA) is 38.3 Å². The molecule has 128 valence electrons. The van der Waals surface area contributed by atoms with E-state index in [1.54, 1.807) is 0 Å². The van der Waals surface area contributed by atoms with Gasteiger partial charge in [-0.05, 0) is 16.5 Å². The summed E-state index contributed by atoms with van der Waals surface area (Å²) in [6, 6.07) is 19.9. The molecule has 2 rings (SSSR count). The molecule has 1 atom stereocenters. The average molecular weight is 325 g/mol. The van der Waals surface area contributed by atoms with Crippen LogP contribution in [0.1, 0.15) is 44.4 Å². The Morgan fingerprint density at radius 2 is 1.58 bits per heavy atom. The molecule has 0 aliphatic rings. The lowest BCUT2D eigenvalue weighted by Crippen LogP contribution is -2.33. The molecule has 24 heavy (non-hydrogen) atoms. The monoisotopic (exact) mass is 325 g/mol. The van der Waals surface area contributed by atoms with Crippen molar-refractivity contribution in [1.29, 1.82) is 0 Å². The third-order valence-electron chi connectivity index (χ3n) is 3.62. The van der Waals surface area contributed by atoms with E-state index in [4.69, 9.17) is 4.74 Å². The van der Waals surface area contributed by atoms with Crippen LogP contribution in [-0.2, 0) is 16.1 Å². The van der Waals surface area contributed by atoms with Crippen LogP contribution < -0.4 is 5.32 Å². The number of benzene rings is 2. The van der Waals surface area contributed by atoms with Gasteiger partial charge in [0.05, 0.1) is 19.3 Å². The highest BCUT2D eigenvalue weighted by Gasteiger charge is 2.20. The van der Waals surface area contributed by atoms with Crippen LogP contribution in [-0.4, -0.2) is 12.5 Å². The molecule has 0 aromatic heterocycles. The summed E-state index contributed by atoms with van der Waals surface area (Å²) in [4.78, 5) is 12.3. The molecule has 0 saturated heterocycles. The van der Waals surface area contributed by atoms with E-state index in [0.717, 1.165) is 11.1 Å². The van der Waals surface area contributed by atoms with Crippen LogP contribution in [0, 0.1) is 5.41 Å². The van der Waals surface area contributed by atoms with Crippen molar-refractivity contribution in [3.63, 3.8) is 0 Å². The van der Waals surface area contributed by atoms with Gasteiger partial charge >= 0.3 is 0 Å². The summed E-state index contributed by atoms with van der Waals surface area (Å²) >= 11 is 0. The third-order valence-corrected chi connectivity index (χ3v) is 3.62. The lowest BCUT2D eigenvalue weighted by molar-refractivity contribution is -0.124. The zero-order chi connectivity index (χ0) is 17.4. The van der Waals surface area contributed by atoms with Gasteiger partial charge in [0.1, 0.15) is 0 Å². The number of hydrogen-bond donors (Lipinski definition) is 1. The van der Waals surface area contributed by atoms with E-state index in [1.165, 1.54) is 0 Å². The molecule has 0 bridgehead atoms. The van der Waals surface area contributed by atoms with E-state index >= 15 is 0 Å². The number of ether oxygens (including phenoxy) is 1.